The molecule has 200 valence electrons. The van der Waals surface area contributed by atoms with Gasteiger partial charge in [-0.25, -0.2) is 4.98 Å². The Bertz CT molecular complexity index is 1270. The molecule has 0 atom stereocenters. The third kappa shape index (κ3) is 7.11. The number of carbonyl (C=O) groups excluding carboxylic acids is 1. The van der Waals surface area contributed by atoms with Crippen LogP contribution in [0.5, 0.6) is 5.88 Å². The van der Waals surface area contributed by atoms with E-state index in [0.29, 0.717) is 30.4 Å². The number of allylic oxidation sites excluding steroid dienone is 3. The number of pyridine rings is 1. The predicted octanol–water partition coefficient (Wildman–Crippen LogP) is 6.05. The molecule has 1 aliphatic rings. The SMILES string of the molecule is C=C/C(=C\C(=C(C)C)c1cnc(OC(C)C)c(N2CCOCC2)c1)C(=O)Nc1cccc(C(C)(C)C#N)c1. The standard InChI is InChI=1S/C31H38N4O3/c1-8-23(29(36)34-26-11-9-10-25(18-26)31(6,7)20-32)16-27(21(2)3)24-17-28(35-12-14-37-15-13-35)30(33-19-24)38-22(4)5/h8-11,16-19,22H,1,12-15H2,2-7H3,(H,34,36)/b23-16+. The van der Waals surface area contributed by atoms with Crippen LogP contribution in [0.15, 0.2) is 66.4 Å². The number of hydrogen-bond donors (Lipinski definition) is 1. The Morgan fingerprint density at radius 3 is 2.58 bits per heavy atom. The van der Waals surface area contributed by atoms with E-state index in [9.17, 15) is 10.1 Å². The van der Waals surface area contributed by atoms with Gasteiger partial charge in [0, 0.05) is 36.1 Å². The largest absolute Gasteiger partial charge is 0.473 e. The maximum Gasteiger partial charge on any atom is 0.255 e. The fourth-order valence-corrected chi connectivity index (χ4v) is 4.08. The normalized spacial score (nSPS) is 14.1. The number of nitriles is 1. The Kier molecular flexibility index (Phi) is 9.49. The van der Waals surface area contributed by atoms with Crippen molar-refractivity contribution >= 4 is 22.9 Å². The molecule has 3 rings (SSSR count). The zero-order chi connectivity index (χ0) is 27.9. The van der Waals surface area contributed by atoms with E-state index in [-0.39, 0.29) is 12.0 Å². The van der Waals surface area contributed by atoms with Crippen molar-refractivity contribution in [1.82, 2.24) is 4.98 Å². The number of ether oxygens (including phenoxy) is 2. The smallest absolute Gasteiger partial charge is 0.255 e. The van der Waals surface area contributed by atoms with Gasteiger partial charge in [-0.15, -0.1) is 0 Å². The summed E-state index contributed by atoms with van der Waals surface area (Å²) in [7, 11) is 0. The first-order valence-corrected chi connectivity index (χ1v) is 12.9. The van der Waals surface area contributed by atoms with Crippen molar-refractivity contribution in [2.75, 3.05) is 36.5 Å². The van der Waals surface area contributed by atoms with Crippen molar-refractivity contribution in [2.45, 2.75) is 53.1 Å². The quantitative estimate of drug-likeness (QED) is 0.324. The molecule has 1 saturated heterocycles. The summed E-state index contributed by atoms with van der Waals surface area (Å²) in [6.07, 6.45) is 5.16. The number of hydrogen-bond acceptors (Lipinski definition) is 6. The monoisotopic (exact) mass is 514 g/mol. The van der Waals surface area contributed by atoms with E-state index in [1.54, 1.807) is 12.3 Å². The summed E-state index contributed by atoms with van der Waals surface area (Å²) in [4.78, 5) is 20.1. The van der Waals surface area contributed by atoms with Crippen LogP contribution in [0, 0.1) is 11.3 Å². The Balaban J connectivity index is 1.95. The van der Waals surface area contributed by atoms with Crippen LogP contribution in [0.1, 0.15) is 52.7 Å². The average Bonchev–Trinajstić information content (AvgIpc) is 2.89. The van der Waals surface area contributed by atoms with Gasteiger partial charge in [0.05, 0.1) is 30.8 Å². The van der Waals surface area contributed by atoms with Gasteiger partial charge in [-0.1, -0.05) is 30.4 Å². The van der Waals surface area contributed by atoms with Crippen molar-refractivity contribution in [3.8, 4) is 11.9 Å². The van der Waals surface area contributed by atoms with E-state index in [2.05, 4.69) is 33.9 Å². The van der Waals surface area contributed by atoms with E-state index >= 15 is 0 Å². The number of benzene rings is 1. The highest BCUT2D eigenvalue weighted by molar-refractivity contribution is 6.07. The van der Waals surface area contributed by atoms with E-state index in [1.165, 1.54) is 0 Å². The Labute approximate surface area is 226 Å². The molecule has 0 saturated carbocycles. The summed E-state index contributed by atoms with van der Waals surface area (Å²) >= 11 is 0. The van der Waals surface area contributed by atoms with Gasteiger partial charge in [-0.2, -0.15) is 5.26 Å². The fraction of sp³-hybridized carbons (Fsp3) is 0.387. The van der Waals surface area contributed by atoms with E-state index in [4.69, 9.17) is 9.47 Å². The van der Waals surface area contributed by atoms with Crippen LogP contribution in [0.4, 0.5) is 11.4 Å². The van der Waals surface area contributed by atoms with E-state index < -0.39 is 5.41 Å². The molecule has 0 spiro atoms. The van der Waals surface area contributed by atoms with Crippen LogP contribution in [0.2, 0.25) is 0 Å². The first-order valence-electron chi connectivity index (χ1n) is 12.9. The van der Waals surface area contributed by atoms with E-state index in [1.807, 2.05) is 71.9 Å². The molecule has 0 radical (unpaired) electrons. The van der Waals surface area contributed by atoms with Gasteiger partial charge in [-0.05, 0) is 77.0 Å². The first-order chi connectivity index (χ1) is 18.1. The Hall–Kier alpha value is -3.89. The van der Waals surface area contributed by atoms with Crippen molar-refractivity contribution in [2.24, 2.45) is 0 Å². The summed E-state index contributed by atoms with van der Waals surface area (Å²) in [5.74, 6) is 0.302. The van der Waals surface area contributed by atoms with Gasteiger partial charge >= 0.3 is 0 Å². The molecule has 1 aliphatic heterocycles. The maximum absolute atomic E-state index is 13.3. The molecule has 1 amide bonds. The number of morpholine rings is 1. The number of nitrogens with one attached hydrogen (secondary N) is 1. The number of amides is 1. The van der Waals surface area contributed by atoms with Crippen LogP contribution in [-0.2, 0) is 14.9 Å². The predicted molar refractivity (Wildman–Crippen MR) is 153 cm³/mol. The highest BCUT2D eigenvalue weighted by Crippen LogP contribution is 2.33. The first kappa shape index (κ1) is 28.7. The molecule has 7 heteroatoms. The molecule has 0 aliphatic carbocycles. The van der Waals surface area contributed by atoms with Crippen LogP contribution in [0.25, 0.3) is 5.57 Å². The van der Waals surface area contributed by atoms with Crippen LogP contribution >= 0.6 is 0 Å². The maximum atomic E-state index is 13.3. The number of nitrogens with zero attached hydrogens (tertiary/aromatic N) is 3. The van der Waals surface area contributed by atoms with Crippen LogP contribution < -0.4 is 15.0 Å². The summed E-state index contributed by atoms with van der Waals surface area (Å²) in [6.45, 7) is 18.4. The topological polar surface area (TPSA) is 87.5 Å². The lowest BCUT2D eigenvalue weighted by molar-refractivity contribution is -0.112. The molecule has 0 unspecified atom stereocenters. The zero-order valence-corrected chi connectivity index (χ0v) is 23.3. The minimum absolute atomic E-state index is 0.00994. The Morgan fingerprint density at radius 1 is 1.26 bits per heavy atom. The van der Waals surface area contributed by atoms with Gasteiger partial charge in [0.1, 0.15) is 5.69 Å². The molecule has 1 aromatic heterocycles. The Morgan fingerprint density at radius 2 is 1.97 bits per heavy atom. The molecular weight excluding hydrogens is 476 g/mol. The molecule has 2 heterocycles. The molecule has 7 nitrogen and oxygen atoms in total. The van der Waals surface area contributed by atoms with Gasteiger partial charge in [0.15, 0.2) is 0 Å². The molecule has 1 fully saturated rings. The number of carbonyl (C=O) groups is 1. The number of aromatic nitrogens is 1. The van der Waals surface area contributed by atoms with Crippen molar-refractivity contribution in [3.05, 3.63) is 77.5 Å². The van der Waals surface area contributed by atoms with Crippen molar-refractivity contribution < 1.29 is 14.3 Å². The molecule has 2 aromatic rings. The highest BCUT2D eigenvalue weighted by atomic mass is 16.5. The zero-order valence-electron chi connectivity index (χ0n) is 23.3. The second-order valence-electron chi connectivity index (χ2n) is 10.3. The summed E-state index contributed by atoms with van der Waals surface area (Å²) < 4.78 is 11.6. The minimum atomic E-state index is -0.663. The summed E-state index contributed by atoms with van der Waals surface area (Å²) in [5.41, 5.74) is 4.91. The number of anilines is 2. The molecule has 0 bridgehead atoms. The molecule has 1 aromatic carbocycles. The lowest BCUT2D eigenvalue weighted by atomic mass is 9.86. The van der Waals surface area contributed by atoms with Gasteiger partial charge < -0.3 is 19.7 Å². The second kappa shape index (κ2) is 12.6. The lowest BCUT2D eigenvalue weighted by Gasteiger charge is -2.30. The van der Waals surface area contributed by atoms with Gasteiger partial charge in [0.25, 0.3) is 5.91 Å². The second-order valence-corrected chi connectivity index (χ2v) is 10.3. The van der Waals surface area contributed by atoms with Crippen molar-refractivity contribution in [3.63, 3.8) is 0 Å². The number of rotatable bonds is 9. The fourth-order valence-electron chi connectivity index (χ4n) is 4.08. The van der Waals surface area contributed by atoms with Crippen molar-refractivity contribution in [1.29, 1.82) is 5.26 Å². The lowest BCUT2D eigenvalue weighted by Crippen LogP contribution is -2.36. The molecular formula is C31H38N4O3. The van der Waals surface area contributed by atoms with Gasteiger partial charge in [-0.3, -0.25) is 4.79 Å². The minimum Gasteiger partial charge on any atom is -0.473 e. The summed E-state index contributed by atoms with van der Waals surface area (Å²) in [6, 6.07) is 11.7. The van der Waals surface area contributed by atoms with Gasteiger partial charge in [0.2, 0.25) is 5.88 Å². The van der Waals surface area contributed by atoms with E-state index in [0.717, 1.165) is 41.1 Å². The summed E-state index contributed by atoms with van der Waals surface area (Å²) in [5, 5.41) is 12.4. The van der Waals surface area contributed by atoms with Crippen LogP contribution in [0.3, 0.4) is 0 Å². The molecule has 1 N–H and O–H groups in total. The highest BCUT2D eigenvalue weighted by Gasteiger charge is 2.21. The van der Waals surface area contributed by atoms with Crippen LogP contribution in [-0.4, -0.2) is 43.3 Å². The third-order valence-electron chi connectivity index (χ3n) is 6.28. The third-order valence-corrected chi connectivity index (χ3v) is 6.28. The molecule has 38 heavy (non-hydrogen) atoms. The average molecular weight is 515 g/mol.